The van der Waals surface area contributed by atoms with Crippen molar-refractivity contribution in [1.82, 2.24) is 0 Å². The highest BCUT2D eigenvalue weighted by Gasteiger charge is 2.39. The molecule has 0 aliphatic heterocycles. The van der Waals surface area contributed by atoms with E-state index in [9.17, 15) is 4.79 Å². The topological polar surface area (TPSA) is 52.3 Å². The second kappa shape index (κ2) is 2.81. The summed E-state index contributed by atoms with van der Waals surface area (Å²) in [5.74, 6) is 0.323. The van der Waals surface area contributed by atoms with Gasteiger partial charge < -0.3 is 10.5 Å². The average Bonchev–Trinajstić information content (AvgIpc) is 2.66. The molecule has 1 fully saturated rings. The van der Waals surface area contributed by atoms with Crippen molar-refractivity contribution in [3.8, 4) is 0 Å². The molecule has 3 nitrogen and oxygen atoms in total. The number of hydrogen-bond acceptors (Lipinski definition) is 3. The maximum atomic E-state index is 10.9. The third-order valence-electron chi connectivity index (χ3n) is 2.26. The molecule has 0 aromatic carbocycles. The number of nitrogens with two attached hydrogens (primary N) is 1. The maximum absolute atomic E-state index is 10.9. The van der Waals surface area contributed by atoms with E-state index in [2.05, 4.69) is 4.74 Å². The van der Waals surface area contributed by atoms with Gasteiger partial charge in [0.1, 0.15) is 0 Å². The van der Waals surface area contributed by atoms with Crippen LogP contribution >= 0.6 is 0 Å². The summed E-state index contributed by atoms with van der Waals surface area (Å²) in [6.45, 7) is 1.92. The Morgan fingerprint density at radius 2 is 2.27 bits per heavy atom. The first-order chi connectivity index (χ1) is 5.06. The van der Waals surface area contributed by atoms with Gasteiger partial charge in [-0.3, -0.25) is 4.79 Å². The molecule has 1 aliphatic carbocycles. The Morgan fingerprint density at radius 3 is 2.64 bits per heavy atom. The van der Waals surface area contributed by atoms with Gasteiger partial charge >= 0.3 is 5.97 Å². The highest BCUT2D eigenvalue weighted by Crippen LogP contribution is 2.39. The van der Waals surface area contributed by atoms with E-state index in [0.29, 0.717) is 12.3 Å². The minimum absolute atomic E-state index is 0.207. The average molecular weight is 157 g/mol. The van der Waals surface area contributed by atoms with Gasteiger partial charge in [0, 0.05) is 5.54 Å². The normalized spacial score (nSPS) is 22.5. The first-order valence-corrected chi connectivity index (χ1v) is 3.92. The second-order valence-corrected chi connectivity index (χ2v) is 3.53. The van der Waals surface area contributed by atoms with Crippen LogP contribution in [0.5, 0.6) is 0 Å². The van der Waals surface area contributed by atoms with Gasteiger partial charge in [0.05, 0.1) is 13.5 Å². The van der Waals surface area contributed by atoms with E-state index >= 15 is 0 Å². The molecule has 11 heavy (non-hydrogen) atoms. The first kappa shape index (κ1) is 8.53. The lowest BCUT2D eigenvalue weighted by Gasteiger charge is -2.22. The molecule has 0 spiro atoms. The summed E-state index contributed by atoms with van der Waals surface area (Å²) >= 11 is 0. The van der Waals surface area contributed by atoms with Gasteiger partial charge in [0.15, 0.2) is 0 Å². The number of methoxy groups -OCH3 is 1. The zero-order valence-electron chi connectivity index (χ0n) is 7.09. The molecule has 0 saturated heterocycles. The molecule has 1 rings (SSSR count). The van der Waals surface area contributed by atoms with Crippen LogP contribution in [0.1, 0.15) is 26.2 Å². The number of ether oxygens (including phenoxy) is 1. The van der Waals surface area contributed by atoms with Crippen molar-refractivity contribution in [3.63, 3.8) is 0 Å². The lowest BCUT2D eigenvalue weighted by Crippen LogP contribution is -2.41. The van der Waals surface area contributed by atoms with Crippen molar-refractivity contribution in [2.45, 2.75) is 31.7 Å². The largest absolute Gasteiger partial charge is 0.469 e. The van der Waals surface area contributed by atoms with Crippen molar-refractivity contribution < 1.29 is 9.53 Å². The molecule has 0 radical (unpaired) electrons. The molecule has 0 aromatic rings. The van der Waals surface area contributed by atoms with E-state index in [4.69, 9.17) is 5.73 Å². The van der Waals surface area contributed by atoms with Gasteiger partial charge in [-0.2, -0.15) is 0 Å². The summed E-state index contributed by atoms with van der Waals surface area (Å²) in [5.41, 5.74) is 5.56. The molecular formula is C8H15NO2. The smallest absolute Gasteiger partial charge is 0.307 e. The van der Waals surface area contributed by atoms with Gasteiger partial charge in [-0.1, -0.05) is 0 Å². The quantitative estimate of drug-likeness (QED) is 0.613. The number of hydrogen-bond donors (Lipinski definition) is 1. The van der Waals surface area contributed by atoms with E-state index in [0.717, 1.165) is 12.8 Å². The van der Waals surface area contributed by atoms with Gasteiger partial charge in [0.2, 0.25) is 0 Å². The van der Waals surface area contributed by atoms with Crippen LogP contribution in [0.3, 0.4) is 0 Å². The lowest BCUT2D eigenvalue weighted by molar-refractivity contribution is -0.142. The van der Waals surface area contributed by atoms with E-state index in [1.807, 2.05) is 6.92 Å². The van der Waals surface area contributed by atoms with Crippen molar-refractivity contribution >= 4 is 5.97 Å². The van der Waals surface area contributed by atoms with E-state index < -0.39 is 0 Å². The molecule has 1 atom stereocenters. The molecule has 1 saturated carbocycles. The van der Waals surface area contributed by atoms with Gasteiger partial charge in [-0.15, -0.1) is 0 Å². The van der Waals surface area contributed by atoms with Crippen LogP contribution in [0.25, 0.3) is 0 Å². The molecule has 2 N–H and O–H groups in total. The molecule has 0 heterocycles. The predicted octanol–water partition coefficient (Wildman–Crippen LogP) is 0.677. The third kappa shape index (κ3) is 2.19. The highest BCUT2D eigenvalue weighted by molar-refractivity contribution is 5.70. The Balaban J connectivity index is 2.38. The van der Waals surface area contributed by atoms with E-state index in [1.54, 1.807) is 0 Å². The maximum Gasteiger partial charge on any atom is 0.307 e. The zero-order chi connectivity index (χ0) is 8.48. The summed E-state index contributed by atoms with van der Waals surface area (Å²) < 4.78 is 4.55. The van der Waals surface area contributed by atoms with Crippen molar-refractivity contribution in [3.05, 3.63) is 0 Å². The standard InChI is InChI=1S/C8H15NO2/c1-8(9,6-3-4-6)5-7(10)11-2/h6H,3-5,9H2,1-2H3/t8-/m0/s1. The van der Waals surface area contributed by atoms with Crippen molar-refractivity contribution in [2.24, 2.45) is 11.7 Å². The van der Waals surface area contributed by atoms with E-state index in [-0.39, 0.29) is 11.5 Å². The minimum Gasteiger partial charge on any atom is -0.469 e. The van der Waals surface area contributed by atoms with Gasteiger partial charge in [0.25, 0.3) is 0 Å². The number of esters is 1. The van der Waals surface area contributed by atoms with Crippen LogP contribution in [0, 0.1) is 5.92 Å². The van der Waals surface area contributed by atoms with Crippen molar-refractivity contribution in [2.75, 3.05) is 7.11 Å². The van der Waals surface area contributed by atoms with E-state index in [1.165, 1.54) is 7.11 Å². The Labute approximate surface area is 66.9 Å². The summed E-state index contributed by atoms with van der Waals surface area (Å²) in [5, 5.41) is 0. The number of rotatable bonds is 3. The number of carbonyl (C=O) groups excluding carboxylic acids is 1. The van der Waals surface area contributed by atoms with Crippen LogP contribution in [0.15, 0.2) is 0 Å². The SMILES string of the molecule is COC(=O)C[C@](C)(N)C1CC1. The molecule has 1 aliphatic rings. The lowest BCUT2D eigenvalue weighted by atomic mass is 9.93. The Morgan fingerprint density at radius 1 is 1.73 bits per heavy atom. The van der Waals surface area contributed by atoms with Crippen LogP contribution in [0.2, 0.25) is 0 Å². The minimum atomic E-state index is -0.340. The van der Waals surface area contributed by atoms with Crippen LogP contribution in [0.4, 0.5) is 0 Å². The monoisotopic (exact) mass is 157 g/mol. The fourth-order valence-corrected chi connectivity index (χ4v) is 1.27. The van der Waals surface area contributed by atoms with Crippen LogP contribution < -0.4 is 5.73 Å². The molecular weight excluding hydrogens is 142 g/mol. The van der Waals surface area contributed by atoms with Gasteiger partial charge in [-0.05, 0) is 25.7 Å². The van der Waals surface area contributed by atoms with Crippen molar-refractivity contribution in [1.29, 1.82) is 0 Å². The molecule has 0 bridgehead atoms. The number of carbonyl (C=O) groups is 1. The Hall–Kier alpha value is -0.570. The fourth-order valence-electron chi connectivity index (χ4n) is 1.27. The molecule has 64 valence electrons. The fraction of sp³-hybridized carbons (Fsp3) is 0.875. The highest BCUT2D eigenvalue weighted by atomic mass is 16.5. The summed E-state index contributed by atoms with van der Waals surface area (Å²) in [4.78, 5) is 10.9. The van der Waals surface area contributed by atoms with Gasteiger partial charge in [-0.25, -0.2) is 0 Å². The zero-order valence-corrected chi connectivity index (χ0v) is 7.09. The Bertz CT molecular complexity index is 161. The third-order valence-corrected chi connectivity index (χ3v) is 2.26. The predicted molar refractivity (Wildman–Crippen MR) is 41.9 cm³/mol. The molecule has 3 heteroatoms. The summed E-state index contributed by atoms with van der Waals surface area (Å²) in [6.07, 6.45) is 2.65. The summed E-state index contributed by atoms with van der Waals surface area (Å²) in [6, 6.07) is 0. The molecule has 0 aromatic heterocycles. The second-order valence-electron chi connectivity index (χ2n) is 3.53. The molecule has 0 amide bonds. The van der Waals surface area contributed by atoms with Crippen LogP contribution in [-0.2, 0) is 9.53 Å². The molecule has 0 unspecified atom stereocenters. The first-order valence-electron chi connectivity index (χ1n) is 3.92. The summed E-state index contributed by atoms with van der Waals surface area (Å²) in [7, 11) is 1.39. The Kier molecular flexibility index (Phi) is 2.18. The van der Waals surface area contributed by atoms with Crippen LogP contribution in [-0.4, -0.2) is 18.6 Å².